The maximum absolute atomic E-state index is 6.20. The van der Waals surface area contributed by atoms with Gasteiger partial charge in [-0.05, 0) is 35.4 Å². The van der Waals surface area contributed by atoms with Crippen LogP contribution in [-0.2, 0) is 10.2 Å². The average Bonchev–Trinajstić information content (AvgIpc) is 3.45. The molecule has 0 bridgehead atoms. The zero-order valence-corrected chi connectivity index (χ0v) is 16.7. The summed E-state index contributed by atoms with van der Waals surface area (Å²) in [5.74, 6) is 1.42. The quantitative estimate of drug-likeness (QED) is 0.647. The minimum absolute atomic E-state index is 0.144. The molecule has 1 spiro atoms. The zero-order chi connectivity index (χ0) is 20.1. The number of ether oxygens (including phenoxy) is 3. The monoisotopic (exact) mass is 398 g/mol. The summed E-state index contributed by atoms with van der Waals surface area (Å²) < 4.78 is 17.5. The number of fused-ring (bicyclic) bond motifs is 6. The Balaban J connectivity index is 1.59. The molecule has 0 saturated carbocycles. The van der Waals surface area contributed by atoms with Crippen molar-refractivity contribution in [2.45, 2.75) is 17.9 Å². The number of nitrogens with zero attached hydrogens (tertiary/aromatic N) is 2. The van der Waals surface area contributed by atoms with Crippen molar-refractivity contribution in [3.05, 3.63) is 89.8 Å². The van der Waals surface area contributed by atoms with E-state index in [-0.39, 0.29) is 6.10 Å². The Bertz CT molecular complexity index is 1100. The Labute approximate surface area is 175 Å². The van der Waals surface area contributed by atoms with Crippen LogP contribution in [-0.4, -0.2) is 31.3 Å². The van der Waals surface area contributed by atoms with Gasteiger partial charge in [0.05, 0.1) is 19.9 Å². The fourth-order valence-electron chi connectivity index (χ4n) is 4.99. The van der Waals surface area contributed by atoms with E-state index in [0.717, 1.165) is 24.4 Å². The number of hydrogen-bond donors (Lipinski definition) is 0. The van der Waals surface area contributed by atoms with Gasteiger partial charge in [0.2, 0.25) is 5.88 Å². The summed E-state index contributed by atoms with van der Waals surface area (Å²) in [7, 11) is 1.65. The van der Waals surface area contributed by atoms with Crippen molar-refractivity contribution >= 4 is 11.4 Å². The molecule has 0 fully saturated rings. The standard InChI is InChI=1S/C25H22N2O3/c1-28-23-13-12-22-24(26-23)25(16-30-22)18-8-2-4-10-20(18)27(15-17-7-6-14-29-17)21-11-5-3-9-19(21)25/h2-6,8-14,17H,7,15-16H2,1H3. The van der Waals surface area contributed by atoms with Crippen LogP contribution in [0.15, 0.2) is 73.0 Å². The second-order valence-electron chi connectivity index (χ2n) is 7.90. The molecular formula is C25H22N2O3. The van der Waals surface area contributed by atoms with Gasteiger partial charge in [-0.15, -0.1) is 0 Å². The van der Waals surface area contributed by atoms with Crippen LogP contribution in [0.3, 0.4) is 0 Å². The highest BCUT2D eigenvalue weighted by Crippen LogP contribution is 2.56. The van der Waals surface area contributed by atoms with Gasteiger partial charge in [0.1, 0.15) is 29.6 Å². The minimum atomic E-state index is -0.470. The van der Waals surface area contributed by atoms with E-state index in [1.54, 1.807) is 7.11 Å². The maximum Gasteiger partial charge on any atom is 0.213 e. The first-order valence-electron chi connectivity index (χ1n) is 10.3. The maximum atomic E-state index is 6.20. The smallest absolute Gasteiger partial charge is 0.213 e. The number of methoxy groups -OCH3 is 1. The van der Waals surface area contributed by atoms with E-state index < -0.39 is 5.41 Å². The largest absolute Gasteiger partial charge is 0.496 e. The van der Waals surface area contributed by atoms with E-state index in [0.29, 0.717) is 12.5 Å². The van der Waals surface area contributed by atoms with Crippen LogP contribution < -0.4 is 14.4 Å². The third-order valence-corrected chi connectivity index (χ3v) is 6.35. The van der Waals surface area contributed by atoms with Crippen LogP contribution in [0, 0.1) is 0 Å². The molecule has 6 rings (SSSR count). The fraction of sp³-hybridized carbons (Fsp3) is 0.240. The van der Waals surface area contributed by atoms with Gasteiger partial charge in [0.15, 0.2) is 0 Å². The third kappa shape index (κ3) is 2.32. The zero-order valence-electron chi connectivity index (χ0n) is 16.7. The summed E-state index contributed by atoms with van der Waals surface area (Å²) in [4.78, 5) is 7.26. The number of anilines is 2. The van der Waals surface area contributed by atoms with Crippen LogP contribution in [0.2, 0.25) is 0 Å². The van der Waals surface area contributed by atoms with E-state index in [4.69, 9.17) is 19.2 Å². The fourth-order valence-corrected chi connectivity index (χ4v) is 4.99. The number of benzene rings is 2. The van der Waals surface area contributed by atoms with Gasteiger partial charge in [-0.3, -0.25) is 0 Å². The Hall–Kier alpha value is -3.47. The number of pyridine rings is 1. The van der Waals surface area contributed by atoms with E-state index in [2.05, 4.69) is 59.5 Å². The summed E-state index contributed by atoms with van der Waals surface area (Å²) in [5, 5.41) is 0. The molecule has 5 nitrogen and oxygen atoms in total. The third-order valence-electron chi connectivity index (χ3n) is 6.35. The summed E-state index contributed by atoms with van der Waals surface area (Å²) in [6.07, 6.45) is 4.97. The molecule has 2 aromatic carbocycles. The first-order valence-corrected chi connectivity index (χ1v) is 10.3. The molecule has 4 heterocycles. The van der Waals surface area contributed by atoms with Crippen LogP contribution in [0.4, 0.5) is 11.4 Å². The topological polar surface area (TPSA) is 43.8 Å². The lowest BCUT2D eigenvalue weighted by Gasteiger charge is -2.43. The molecule has 5 heteroatoms. The van der Waals surface area contributed by atoms with Crippen molar-refractivity contribution < 1.29 is 14.2 Å². The molecule has 3 aromatic rings. The normalized spacial score (nSPS) is 19.6. The Kier molecular flexibility index (Phi) is 3.78. The van der Waals surface area contributed by atoms with Crippen LogP contribution in [0.25, 0.3) is 0 Å². The molecule has 3 aliphatic rings. The number of hydrogen-bond acceptors (Lipinski definition) is 5. The average molecular weight is 398 g/mol. The van der Waals surface area contributed by atoms with Crippen LogP contribution >= 0.6 is 0 Å². The molecule has 1 unspecified atom stereocenters. The first-order chi connectivity index (χ1) is 14.8. The second-order valence-corrected chi connectivity index (χ2v) is 7.90. The van der Waals surface area contributed by atoms with Crippen molar-refractivity contribution in [3.8, 4) is 11.6 Å². The number of para-hydroxylation sites is 2. The van der Waals surface area contributed by atoms with E-state index >= 15 is 0 Å². The van der Waals surface area contributed by atoms with Gasteiger partial charge in [0.25, 0.3) is 0 Å². The first kappa shape index (κ1) is 17.4. The van der Waals surface area contributed by atoms with Crippen molar-refractivity contribution in [1.82, 2.24) is 4.98 Å². The molecule has 150 valence electrons. The molecule has 3 aliphatic heterocycles. The Morgan fingerprint density at radius 1 is 1.03 bits per heavy atom. The number of aromatic nitrogens is 1. The lowest BCUT2D eigenvalue weighted by molar-refractivity contribution is 0.177. The summed E-state index contributed by atoms with van der Waals surface area (Å²) in [6.45, 7) is 1.31. The highest BCUT2D eigenvalue weighted by Gasteiger charge is 2.51. The van der Waals surface area contributed by atoms with E-state index in [9.17, 15) is 0 Å². The van der Waals surface area contributed by atoms with Gasteiger partial charge in [-0.25, -0.2) is 4.98 Å². The Morgan fingerprint density at radius 2 is 1.77 bits per heavy atom. The lowest BCUT2D eigenvalue weighted by Crippen LogP contribution is -2.41. The molecule has 1 aromatic heterocycles. The summed E-state index contributed by atoms with van der Waals surface area (Å²) >= 11 is 0. The molecule has 0 amide bonds. The van der Waals surface area contributed by atoms with Crippen LogP contribution in [0.5, 0.6) is 11.6 Å². The van der Waals surface area contributed by atoms with E-state index in [1.807, 2.05) is 18.4 Å². The predicted molar refractivity (Wildman–Crippen MR) is 115 cm³/mol. The van der Waals surface area contributed by atoms with Gasteiger partial charge in [-0.1, -0.05) is 36.4 Å². The number of rotatable bonds is 3. The minimum Gasteiger partial charge on any atom is -0.496 e. The molecule has 0 saturated heterocycles. The van der Waals surface area contributed by atoms with Crippen molar-refractivity contribution in [1.29, 1.82) is 0 Å². The highest BCUT2D eigenvalue weighted by molar-refractivity contribution is 5.81. The van der Waals surface area contributed by atoms with Crippen LogP contribution in [0.1, 0.15) is 23.2 Å². The van der Waals surface area contributed by atoms with Crippen molar-refractivity contribution in [3.63, 3.8) is 0 Å². The highest BCUT2D eigenvalue weighted by atomic mass is 16.5. The molecule has 0 aliphatic carbocycles. The van der Waals surface area contributed by atoms with Gasteiger partial charge in [0, 0.05) is 23.9 Å². The van der Waals surface area contributed by atoms with Crippen molar-refractivity contribution in [2.24, 2.45) is 0 Å². The lowest BCUT2D eigenvalue weighted by atomic mass is 9.69. The van der Waals surface area contributed by atoms with E-state index in [1.165, 1.54) is 22.5 Å². The second kappa shape index (κ2) is 6.52. The predicted octanol–water partition coefficient (Wildman–Crippen LogP) is 4.57. The summed E-state index contributed by atoms with van der Waals surface area (Å²) in [6, 6.07) is 21.0. The molecule has 1 atom stereocenters. The Morgan fingerprint density at radius 3 is 2.43 bits per heavy atom. The molecular weight excluding hydrogens is 376 g/mol. The summed E-state index contributed by atoms with van der Waals surface area (Å²) in [5.41, 5.74) is 5.20. The molecule has 30 heavy (non-hydrogen) atoms. The SMILES string of the molecule is COc1ccc2c(n1)C1(CO2)c2ccccc2N(CC2CC=CO2)c2ccccc21. The van der Waals surface area contributed by atoms with Crippen molar-refractivity contribution in [2.75, 3.05) is 25.2 Å². The van der Waals surface area contributed by atoms with Gasteiger partial charge < -0.3 is 19.1 Å². The van der Waals surface area contributed by atoms with Gasteiger partial charge >= 0.3 is 0 Å². The van der Waals surface area contributed by atoms with Gasteiger partial charge in [-0.2, -0.15) is 0 Å². The molecule has 0 radical (unpaired) electrons. The molecule has 0 N–H and O–H groups in total.